The Morgan fingerprint density at radius 3 is 1.30 bits per heavy atom. The number of hydrogen-bond donors (Lipinski definition) is 1. The maximum atomic E-state index is 12.0. The van der Waals surface area contributed by atoms with Crippen LogP contribution in [0.3, 0.4) is 0 Å². The minimum atomic E-state index is -6.09. The lowest BCUT2D eigenvalue weighted by Gasteiger charge is -2.08. The summed E-state index contributed by atoms with van der Waals surface area (Å²) in [5, 5.41) is 2.36. The number of alkyl halides is 3. The number of carbonyl (C=O) groups is 2. The largest absolute Gasteiger partial charge is 0.741 e. The Labute approximate surface area is 152 Å². The number of hydrogen-bond acceptors (Lipinski definition) is 5. The number of halogens is 3. The molecule has 1 aliphatic heterocycles. The highest BCUT2D eigenvalue weighted by atomic mass is 32.2. The maximum Gasteiger partial charge on any atom is 0.485 e. The second kappa shape index (κ2) is 7.72. The monoisotopic (exact) mass is 398 g/mol. The summed E-state index contributed by atoms with van der Waals surface area (Å²) in [6.45, 7) is 0. The molecule has 0 atom stereocenters. The zero-order valence-electron chi connectivity index (χ0n) is 13.4. The molecule has 142 valence electrons. The van der Waals surface area contributed by atoms with Gasteiger partial charge in [-0.25, -0.2) is 8.42 Å². The van der Waals surface area contributed by atoms with Crippen LogP contribution >= 0.6 is 0 Å². The van der Waals surface area contributed by atoms with Gasteiger partial charge in [-0.2, -0.15) is 13.2 Å². The van der Waals surface area contributed by atoms with E-state index < -0.39 is 15.6 Å². The second-order valence-corrected chi connectivity index (χ2v) is 6.54. The maximum absolute atomic E-state index is 12.0. The smallest absolute Gasteiger partial charge is 0.485 e. The van der Waals surface area contributed by atoms with Gasteiger partial charge in [-0.1, -0.05) is 60.7 Å². The highest BCUT2D eigenvalue weighted by molar-refractivity contribution is 7.86. The Kier molecular flexibility index (Phi) is 5.82. The zero-order chi connectivity index (χ0) is 20.2. The number of amides is 2. The number of benzene rings is 2. The summed E-state index contributed by atoms with van der Waals surface area (Å²) in [7, 11) is -6.09. The lowest BCUT2D eigenvalue weighted by Crippen LogP contribution is -2.22. The summed E-state index contributed by atoms with van der Waals surface area (Å²) in [6, 6.07) is 18.5. The molecule has 0 bridgehead atoms. The standard InChI is InChI=1S/C16H11NO2.CHF3O3S/c18-15-13(11-7-3-1-4-8-11)14(16(19)17-15)12-9-5-2-6-10-12;2-1(3,4)8(5,6)7/h1-10H,(H,17,18,19);(H,5,6,7)/p-1. The molecule has 0 aromatic heterocycles. The van der Waals surface area contributed by atoms with E-state index in [4.69, 9.17) is 13.0 Å². The Morgan fingerprint density at radius 1 is 0.741 bits per heavy atom. The summed E-state index contributed by atoms with van der Waals surface area (Å²) in [6.07, 6.45) is 0. The Morgan fingerprint density at radius 2 is 1.04 bits per heavy atom. The van der Waals surface area contributed by atoms with E-state index in [-0.39, 0.29) is 11.8 Å². The number of imide groups is 1. The van der Waals surface area contributed by atoms with Gasteiger partial charge >= 0.3 is 5.51 Å². The van der Waals surface area contributed by atoms with Crippen molar-refractivity contribution >= 4 is 33.1 Å². The van der Waals surface area contributed by atoms with E-state index in [2.05, 4.69) is 5.32 Å². The molecule has 3 rings (SSSR count). The quantitative estimate of drug-likeness (QED) is 0.475. The van der Waals surface area contributed by atoms with Crippen LogP contribution in [0.5, 0.6) is 0 Å². The second-order valence-electron chi connectivity index (χ2n) is 5.17. The lowest BCUT2D eigenvalue weighted by molar-refractivity contribution is -0.122. The molecule has 0 unspecified atom stereocenters. The fraction of sp³-hybridized carbons (Fsp3) is 0.0588. The third-order valence-corrected chi connectivity index (χ3v) is 3.91. The van der Waals surface area contributed by atoms with Gasteiger partial charge in [0, 0.05) is 0 Å². The summed E-state index contributed by atoms with van der Waals surface area (Å²) >= 11 is 0. The molecule has 6 nitrogen and oxygen atoms in total. The van der Waals surface area contributed by atoms with Crippen molar-refractivity contribution in [2.45, 2.75) is 5.51 Å². The molecular formula is C17H11F3NO5S-. The van der Waals surface area contributed by atoms with Gasteiger partial charge in [0.1, 0.15) is 0 Å². The molecule has 2 aromatic rings. The van der Waals surface area contributed by atoms with Crippen molar-refractivity contribution in [2.75, 3.05) is 0 Å². The van der Waals surface area contributed by atoms with Gasteiger partial charge in [0.25, 0.3) is 11.8 Å². The Hall–Kier alpha value is -2.98. The van der Waals surface area contributed by atoms with Crippen molar-refractivity contribution in [3.8, 4) is 0 Å². The highest BCUT2D eigenvalue weighted by Crippen LogP contribution is 2.30. The topological polar surface area (TPSA) is 103 Å². The molecule has 0 fully saturated rings. The van der Waals surface area contributed by atoms with Crippen molar-refractivity contribution in [2.24, 2.45) is 0 Å². The molecule has 2 aromatic carbocycles. The van der Waals surface area contributed by atoms with Gasteiger partial charge in [-0.15, -0.1) is 0 Å². The van der Waals surface area contributed by atoms with E-state index in [1.165, 1.54) is 0 Å². The van der Waals surface area contributed by atoms with Crippen molar-refractivity contribution in [1.82, 2.24) is 5.32 Å². The fourth-order valence-electron chi connectivity index (χ4n) is 2.22. The van der Waals surface area contributed by atoms with E-state index in [9.17, 15) is 22.8 Å². The first-order valence-electron chi connectivity index (χ1n) is 7.25. The van der Waals surface area contributed by atoms with Gasteiger partial charge in [-0.05, 0) is 11.1 Å². The first kappa shape index (κ1) is 20.3. The molecule has 1 aliphatic rings. The third-order valence-electron chi connectivity index (χ3n) is 3.34. The number of nitrogens with one attached hydrogen (secondary N) is 1. The molecule has 0 aliphatic carbocycles. The van der Waals surface area contributed by atoms with Crippen LogP contribution in [-0.2, 0) is 19.7 Å². The SMILES string of the molecule is O=C1NC(=O)C(c2ccccc2)=C1c1ccccc1.O=S(=O)([O-])C(F)(F)F. The van der Waals surface area contributed by atoms with Gasteiger partial charge in [0.15, 0.2) is 10.1 Å². The van der Waals surface area contributed by atoms with Crippen molar-refractivity contribution in [3.05, 3.63) is 71.8 Å². The normalized spacial score (nSPS) is 14.5. The van der Waals surface area contributed by atoms with Gasteiger partial charge in [-0.3, -0.25) is 14.9 Å². The van der Waals surface area contributed by atoms with Gasteiger partial charge in [0.2, 0.25) is 0 Å². The molecule has 0 radical (unpaired) electrons. The van der Waals surface area contributed by atoms with E-state index in [1.807, 2.05) is 60.7 Å². The van der Waals surface area contributed by atoms with Gasteiger partial charge in [0.05, 0.1) is 11.1 Å². The minimum Gasteiger partial charge on any atom is -0.741 e. The van der Waals surface area contributed by atoms with Crippen molar-refractivity contribution in [1.29, 1.82) is 0 Å². The predicted octanol–water partition coefficient (Wildman–Crippen LogP) is 2.31. The molecule has 0 saturated heterocycles. The third kappa shape index (κ3) is 4.80. The molecule has 1 heterocycles. The van der Waals surface area contributed by atoms with E-state index in [1.54, 1.807) is 0 Å². The molecule has 0 saturated carbocycles. The van der Waals surface area contributed by atoms with Crippen molar-refractivity contribution in [3.63, 3.8) is 0 Å². The lowest BCUT2D eigenvalue weighted by atomic mass is 9.96. The van der Waals surface area contributed by atoms with Crippen molar-refractivity contribution < 1.29 is 35.7 Å². The van der Waals surface area contributed by atoms with Gasteiger partial charge < -0.3 is 4.55 Å². The molecule has 2 amide bonds. The van der Waals surface area contributed by atoms with E-state index in [0.717, 1.165) is 11.1 Å². The van der Waals surface area contributed by atoms with E-state index in [0.29, 0.717) is 11.1 Å². The van der Waals surface area contributed by atoms with Crippen LogP contribution in [0.2, 0.25) is 0 Å². The average Bonchev–Trinajstić information content (AvgIpc) is 2.89. The van der Waals surface area contributed by atoms with Crippen LogP contribution in [0, 0.1) is 0 Å². The first-order chi connectivity index (χ1) is 12.5. The molecular weight excluding hydrogens is 387 g/mol. The minimum absolute atomic E-state index is 0.338. The molecule has 1 N–H and O–H groups in total. The van der Waals surface area contributed by atoms with Crippen LogP contribution < -0.4 is 5.32 Å². The van der Waals surface area contributed by atoms with Crippen LogP contribution in [0.1, 0.15) is 11.1 Å². The van der Waals surface area contributed by atoms with E-state index >= 15 is 0 Å². The summed E-state index contributed by atoms with van der Waals surface area (Å²) in [5.74, 6) is -0.676. The molecule has 0 spiro atoms. The summed E-state index contributed by atoms with van der Waals surface area (Å²) in [4.78, 5) is 24.0. The summed E-state index contributed by atoms with van der Waals surface area (Å²) in [5.41, 5.74) is -3.25. The molecule has 27 heavy (non-hydrogen) atoms. The Balaban J connectivity index is 0.000000279. The van der Waals surface area contributed by atoms with Crippen LogP contribution in [0.4, 0.5) is 13.2 Å². The number of rotatable bonds is 2. The zero-order valence-corrected chi connectivity index (χ0v) is 14.2. The summed E-state index contributed by atoms with van der Waals surface area (Å²) < 4.78 is 58.9. The first-order valence-corrected chi connectivity index (χ1v) is 8.66. The van der Waals surface area contributed by atoms with Crippen LogP contribution in [0.15, 0.2) is 60.7 Å². The van der Waals surface area contributed by atoms with Crippen LogP contribution in [-0.4, -0.2) is 30.3 Å². The predicted molar refractivity (Wildman–Crippen MR) is 88.6 cm³/mol. The highest BCUT2D eigenvalue weighted by Gasteiger charge is 2.37. The number of carbonyl (C=O) groups excluding carboxylic acids is 2. The van der Waals surface area contributed by atoms with Crippen LogP contribution in [0.25, 0.3) is 11.1 Å². The Bertz CT molecular complexity index is 925. The molecule has 10 heteroatoms. The average molecular weight is 398 g/mol. The fourth-order valence-corrected chi connectivity index (χ4v) is 2.22.